The number of sulfone groups is 1. The first kappa shape index (κ1) is 15.2. The van der Waals surface area contributed by atoms with Gasteiger partial charge in [0, 0.05) is 0 Å². The summed E-state index contributed by atoms with van der Waals surface area (Å²) in [6.45, 7) is 3.60. The Labute approximate surface area is 133 Å². The van der Waals surface area contributed by atoms with Crippen LogP contribution in [0.5, 0.6) is 0 Å². The van der Waals surface area contributed by atoms with Gasteiger partial charge in [0.25, 0.3) is 11.8 Å². The predicted octanol–water partition coefficient (Wildman–Crippen LogP) is 2.36. The third-order valence-electron chi connectivity index (χ3n) is 3.65. The van der Waals surface area contributed by atoms with Crippen molar-refractivity contribution in [2.45, 2.75) is 4.90 Å². The highest BCUT2D eigenvalue weighted by Crippen LogP contribution is 2.24. The molecule has 0 saturated heterocycles. The molecule has 0 aromatic heterocycles. The molecule has 5 nitrogen and oxygen atoms in total. The van der Waals surface area contributed by atoms with Crippen molar-refractivity contribution in [3.8, 4) is 0 Å². The van der Waals surface area contributed by atoms with E-state index in [2.05, 4.69) is 6.58 Å². The second-order valence-corrected chi connectivity index (χ2v) is 7.06. The van der Waals surface area contributed by atoms with Gasteiger partial charge in [0.05, 0.1) is 16.0 Å². The average molecular weight is 327 g/mol. The van der Waals surface area contributed by atoms with E-state index >= 15 is 0 Å². The minimum Gasteiger partial charge on any atom is -0.269 e. The first-order chi connectivity index (χ1) is 10.9. The molecule has 6 heteroatoms. The lowest BCUT2D eigenvalue weighted by Crippen LogP contribution is -2.34. The molecule has 1 aliphatic rings. The molecule has 2 amide bonds. The van der Waals surface area contributed by atoms with Crippen LogP contribution in [-0.4, -0.2) is 31.0 Å². The minimum absolute atomic E-state index is 0.0552. The van der Waals surface area contributed by atoms with Gasteiger partial charge in [-0.2, -0.15) is 0 Å². The molecule has 3 rings (SSSR count). The van der Waals surface area contributed by atoms with Crippen LogP contribution in [0.25, 0.3) is 6.08 Å². The van der Waals surface area contributed by atoms with Crippen LogP contribution in [0.2, 0.25) is 0 Å². The Kier molecular flexibility index (Phi) is 3.61. The maximum atomic E-state index is 12.5. The summed E-state index contributed by atoms with van der Waals surface area (Å²) in [5, 5.41) is 0. The molecule has 0 N–H and O–H groups in total. The fourth-order valence-electron chi connectivity index (χ4n) is 2.41. The molecule has 1 aliphatic heterocycles. The van der Waals surface area contributed by atoms with E-state index in [9.17, 15) is 18.0 Å². The van der Waals surface area contributed by atoms with Gasteiger partial charge in [0.2, 0.25) is 0 Å². The SMILES string of the molecule is C=Cc1ccc(S(=O)(=O)CN2C(=O)c3ccccc3C2=O)cc1. The molecule has 2 aromatic carbocycles. The molecular formula is C17H13NO4S. The van der Waals surface area contributed by atoms with Gasteiger partial charge in [-0.1, -0.05) is 36.9 Å². The van der Waals surface area contributed by atoms with Crippen LogP contribution in [0.3, 0.4) is 0 Å². The van der Waals surface area contributed by atoms with Gasteiger partial charge in [-0.25, -0.2) is 8.42 Å². The van der Waals surface area contributed by atoms with Crippen LogP contribution in [0.4, 0.5) is 0 Å². The van der Waals surface area contributed by atoms with Crippen molar-refractivity contribution < 1.29 is 18.0 Å². The van der Waals surface area contributed by atoms with E-state index in [0.717, 1.165) is 10.5 Å². The lowest BCUT2D eigenvalue weighted by Gasteiger charge is -2.14. The number of amides is 2. The summed E-state index contributed by atoms with van der Waals surface area (Å²) in [5.74, 6) is -1.85. The Bertz CT molecular complexity index is 879. The Morgan fingerprint density at radius 2 is 1.43 bits per heavy atom. The van der Waals surface area contributed by atoms with Crippen LogP contribution >= 0.6 is 0 Å². The zero-order valence-corrected chi connectivity index (χ0v) is 12.9. The maximum absolute atomic E-state index is 12.5. The molecule has 0 aliphatic carbocycles. The van der Waals surface area contributed by atoms with Gasteiger partial charge in [-0.3, -0.25) is 14.5 Å². The van der Waals surface area contributed by atoms with Gasteiger partial charge >= 0.3 is 0 Å². The molecule has 0 spiro atoms. The van der Waals surface area contributed by atoms with E-state index in [1.54, 1.807) is 30.3 Å². The highest BCUT2D eigenvalue weighted by molar-refractivity contribution is 7.91. The number of hydrogen-bond acceptors (Lipinski definition) is 4. The predicted molar refractivity (Wildman–Crippen MR) is 85.5 cm³/mol. The van der Waals surface area contributed by atoms with E-state index in [1.807, 2.05) is 0 Å². The lowest BCUT2D eigenvalue weighted by atomic mass is 10.1. The fraction of sp³-hybridized carbons (Fsp3) is 0.0588. The van der Waals surface area contributed by atoms with Crippen molar-refractivity contribution in [3.05, 3.63) is 71.8 Å². The minimum atomic E-state index is -3.80. The van der Waals surface area contributed by atoms with E-state index in [1.165, 1.54) is 24.3 Å². The molecule has 2 aromatic rings. The van der Waals surface area contributed by atoms with E-state index in [4.69, 9.17) is 0 Å². The van der Waals surface area contributed by atoms with E-state index < -0.39 is 27.5 Å². The fourth-order valence-corrected chi connectivity index (χ4v) is 3.69. The maximum Gasteiger partial charge on any atom is 0.262 e. The number of nitrogens with zero attached hydrogens (tertiary/aromatic N) is 1. The van der Waals surface area contributed by atoms with Crippen molar-refractivity contribution in [2.24, 2.45) is 0 Å². The normalized spacial score (nSPS) is 14.0. The number of imide groups is 1. The topological polar surface area (TPSA) is 71.5 Å². The number of rotatable bonds is 4. The number of hydrogen-bond donors (Lipinski definition) is 0. The molecule has 0 atom stereocenters. The summed E-state index contributed by atoms with van der Waals surface area (Å²) in [4.78, 5) is 25.3. The highest BCUT2D eigenvalue weighted by atomic mass is 32.2. The second-order valence-electron chi connectivity index (χ2n) is 5.10. The van der Waals surface area contributed by atoms with E-state index in [-0.39, 0.29) is 16.0 Å². The molecule has 0 unspecified atom stereocenters. The molecular weight excluding hydrogens is 314 g/mol. The smallest absolute Gasteiger partial charge is 0.262 e. The van der Waals surface area contributed by atoms with Crippen molar-refractivity contribution in [2.75, 3.05) is 5.88 Å². The number of carbonyl (C=O) groups excluding carboxylic acids is 2. The quantitative estimate of drug-likeness (QED) is 0.808. The van der Waals surface area contributed by atoms with Gasteiger partial charge in [-0.05, 0) is 29.8 Å². The molecule has 116 valence electrons. The first-order valence-electron chi connectivity index (χ1n) is 6.84. The van der Waals surface area contributed by atoms with Crippen LogP contribution in [0.15, 0.2) is 60.0 Å². The van der Waals surface area contributed by atoms with Crippen LogP contribution in [-0.2, 0) is 9.84 Å². The Balaban J connectivity index is 1.91. The standard InChI is InChI=1S/C17H13NO4S/c1-2-12-7-9-13(10-8-12)23(21,22)11-18-16(19)14-5-3-4-6-15(14)17(18)20/h2-10H,1,11H2. The van der Waals surface area contributed by atoms with E-state index in [0.29, 0.717) is 0 Å². The molecule has 0 fully saturated rings. The lowest BCUT2D eigenvalue weighted by molar-refractivity contribution is 0.0680. The highest BCUT2D eigenvalue weighted by Gasteiger charge is 2.38. The summed E-state index contributed by atoms with van der Waals surface area (Å²) < 4.78 is 24.9. The molecule has 0 radical (unpaired) electrons. The average Bonchev–Trinajstić information content (AvgIpc) is 2.80. The molecule has 1 heterocycles. The van der Waals surface area contributed by atoms with Crippen molar-refractivity contribution in [1.82, 2.24) is 4.90 Å². The van der Waals surface area contributed by atoms with Crippen molar-refractivity contribution in [3.63, 3.8) is 0 Å². The zero-order chi connectivity index (χ0) is 16.6. The molecule has 0 bridgehead atoms. The largest absolute Gasteiger partial charge is 0.269 e. The van der Waals surface area contributed by atoms with Gasteiger partial charge in [0.1, 0.15) is 5.88 Å². The molecule has 23 heavy (non-hydrogen) atoms. The Morgan fingerprint density at radius 1 is 0.913 bits per heavy atom. The third-order valence-corrected chi connectivity index (χ3v) is 5.24. The summed E-state index contributed by atoms with van der Waals surface area (Å²) in [7, 11) is -3.80. The van der Waals surface area contributed by atoms with Crippen LogP contribution < -0.4 is 0 Å². The molecule has 0 saturated carbocycles. The number of benzene rings is 2. The summed E-state index contributed by atoms with van der Waals surface area (Å²) in [6, 6.07) is 12.4. The van der Waals surface area contributed by atoms with Gasteiger partial charge in [-0.15, -0.1) is 0 Å². The van der Waals surface area contributed by atoms with Crippen molar-refractivity contribution >= 4 is 27.7 Å². The third kappa shape index (κ3) is 2.57. The summed E-state index contributed by atoms with van der Waals surface area (Å²) in [6.07, 6.45) is 1.60. The summed E-state index contributed by atoms with van der Waals surface area (Å²) in [5.41, 5.74) is 1.24. The monoisotopic (exact) mass is 327 g/mol. The van der Waals surface area contributed by atoms with Gasteiger partial charge in [0.15, 0.2) is 9.84 Å². The Morgan fingerprint density at radius 3 is 1.91 bits per heavy atom. The van der Waals surface area contributed by atoms with Gasteiger partial charge < -0.3 is 0 Å². The Hall–Kier alpha value is -2.73. The zero-order valence-electron chi connectivity index (χ0n) is 12.1. The summed E-state index contributed by atoms with van der Waals surface area (Å²) >= 11 is 0. The van der Waals surface area contributed by atoms with Crippen molar-refractivity contribution in [1.29, 1.82) is 0 Å². The number of fused-ring (bicyclic) bond motifs is 1. The first-order valence-corrected chi connectivity index (χ1v) is 8.50. The van der Waals surface area contributed by atoms with Crippen LogP contribution in [0.1, 0.15) is 26.3 Å². The number of carbonyl (C=O) groups is 2. The van der Waals surface area contributed by atoms with Crippen LogP contribution in [0, 0.1) is 0 Å². The second kappa shape index (κ2) is 5.48.